The van der Waals surface area contributed by atoms with Gasteiger partial charge >= 0.3 is 0 Å². The molecule has 1 N–H and O–H groups in total. The second-order valence-corrected chi connectivity index (χ2v) is 7.64. The van der Waals surface area contributed by atoms with E-state index in [1.165, 1.54) is 25.4 Å². The summed E-state index contributed by atoms with van der Waals surface area (Å²) in [5, 5.41) is 3.65. The highest BCUT2D eigenvalue weighted by Crippen LogP contribution is 2.37. The van der Waals surface area contributed by atoms with Gasteiger partial charge in [-0.25, -0.2) is 0 Å². The van der Waals surface area contributed by atoms with Gasteiger partial charge < -0.3 is 10.1 Å². The fourth-order valence-electron chi connectivity index (χ4n) is 2.36. The Labute approximate surface area is 139 Å². The lowest BCUT2D eigenvalue weighted by Crippen LogP contribution is -2.23. The zero-order chi connectivity index (χ0) is 15.4. The van der Waals surface area contributed by atoms with E-state index in [-0.39, 0.29) is 6.04 Å². The highest BCUT2D eigenvalue weighted by atomic mass is 79.9. The SMILES string of the molecule is CCCNC(c1cc(C)c(Br)s1)c1cc(C)ccc1OC. The molecule has 0 aliphatic heterocycles. The van der Waals surface area contributed by atoms with Gasteiger partial charge in [-0.15, -0.1) is 11.3 Å². The molecule has 2 aromatic rings. The molecule has 0 bridgehead atoms. The van der Waals surface area contributed by atoms with E-state index in [1.807, 2.05) is 0 Å². The lowest BCUT2D eigenvalue weighted by Gasteiger charge is -2.21. The molecule has 0 saturated carbocycles. The molecule has 1 aromatic carbocycles. The van der Waals surface area contributed by atoms with Crippen LogP contribution in [-0.2, 0) is 0 Å². The molecule has 0 aliphatic rings. The molecule has 1 atom stereocenters. The number of hydrogen-bond acceptors (Lipinski definition) is 3. The van der Waals surface area contributed by atoms with Crippen LogP contribution in [0.5, 0.6) is 5.75 Å². The van der Waals surface area contributed by atoms with Crippen molar-refractivity contribution in [2.75, 3.05) is 13.7 Å². The van der Waals surface area contributed by atoms with Gasteiger partial charge in [-0.2, -0.15) is 0 Å². The first-order valence-electron chi connectivity index (χ1n) is 7.20. The maximum Gasteiger partial charge on any atom is 0.124 e. The molecular formula is C17H22BrNOS. The van der Waals surface area contributed by atoms with Crippen molar-refractivity contribution in [1.29, 1.82) is 0 Å². The van der Waals surface area contributed by atoms with Gasteiger partial charge in [0.25, 0.3) is 0 Å². The number of halogens is 1. The third-order valence-electron chi connectivity index (χ3n) is 3.46. The Kier molecular flexibility index (Phi) is 5.85. The summed E-state index contributed by atoms with van der Waals surface area (Å²) in [4.78, 5) is 1.32. The topological polar surface area (TPSA) is 21.3 Å². The van der Waals surface area contributed by atoms with Crippen LogP contribution in [0.2, 0.25) is 0 Å². The predicted octanol–water partition coefficient (Wildman–Crippen LogP) is 5.23. The Morgan fingerprint density at radius 1 is 1.29 bits per heavy atom. The summed E-state index contributed by atoms with van der Waals surface area (Å²) in [6.45, 7) is 7.42. The monoisotopic (exact) mass is 367 g/mol. The zero-order valence-corrected chi connectivity index (χ0v) is 15.4. The first kappa shape index (κ1) is 16.5. The summed E-state index contributed by atoms with van der Waals surface area (Å²) in [5.41, 5.74) is 3.74. The lowest BCUT2D eigenvalue weighted by molar-refractivity contribution is 0.404. The molecule has 21 heavy (non-hydrogen) atoms. The molecule has 0 saturated heterocycles. The highest BCUT2D eigenvalue weighted by Gasteiger charge is 2.20. The van der Waals surface area contributed by atoms with E-state index in [9.17, 15) is 0 Å². The van der Waals surface area contributed by atoms with Crippen LogP contribution in [0.1, 0.15) is 41.0 Å². The van der Waals surface area contributed by atoms with E-state index in [2.05, 4.69) is 66.3 Å². The summed E-state index contributed by atoms with van der Waals surface area (Å²) >= 11 is 5.43. The van der Waals surface area contributed by atoms with Crippen LogP contribution in [0.15, 0.2) is 28.1 Å². The average Bonchev–Trinajstić information content (AvgIpc) is 2.79. The minimum absolute atomic E-state index is 0.176. The Bertz CT molecular complexity index is 589. The summed E-state index contributed by atoms with van der Waals surface area (Å²) in [5.74, 6) is 0.941. The Balaban J connectivity index is 2.47. The molecule has 1 heterocycles. The zero-order valence-electron chi connectivity index (χ0n) is 13.0. The number of benzene rings is 1. The largest absolute Gasteiger partial charge is 0.496 e. The van der Waals surface area contributed by atoms with Gasteiger partial charge in [-0.3, -0.25) is 0 Å². The van der Waals surface area contributed by atoms with Crippen molar-refractivity contribution >= 4 is 27.3 Å². The second-order valence-electron chi connectivity index (χ2n) is 5.24. The summed E-state index contributed by atoms with van der Waals surface area (Å²) in [6.07, 6.45) is 1.11. The molecule has 2 rings (SSSR count). The van der Waals surface area contributed by atoms with Crippen LogP contribution in [0.4, 0.5) is 0 Å². The predicted molar refractivity (Wildman–Crippen MR) is 94.6 cm³/mol. The first-order chi connectivity index (χ1) is 10.1. The third kappa shape index (κ3) is 3.87. The van der Waals surface area contributed by atoms with Gasteiger partial charge in [0, 0.05) is 10.4 Å². The number of methoxy groups -OCH3 is 1. The molecule has 0 spiro atoms. The Hall–Kier alpha value is -0.840. The van der Waals surface area contributed by atoms with Crippen LogP contribution in [0.3, 0.4) is 0 Å². The Morgan fingerprint density at radius 3 is 2.62 bits per heavy atom. The number of hydrogen-bond donors (Lipinski definition) is 1. The maximum absolute atomic E-state index is 5.57. The van der Waals surface area contributed by atoms with Gasteiger partial charge in [0.1, 0.15) is 5.75 Å². The highest BCUT2D eigenvalue weighted by molar-refractivity contribution is 9.11. The fraction of sp³-hybridized carbons (Fsp3) is 0.412. The van der Waals surface area contributed by atoms with Crippen molar-refractivity contribution in [1.82, 2.24) is 5.32 Å². The molecule has 0 radical (unpaired) electrons. The standard InChI is InChI=1S/C17H22BrNOS/c1-5-8-19-16(15-10-12(3)17(18)21-15)13-9-11(2)6-7-14(13)20-4/h6-7,9-10,16,19H,5,8H2,1-4H3. The van der Waals surface area contributed by atoms with E-state index < -0.39 is 0 Å². The van der Waals surface area contributed by atoms with Crippen LogP contribution in [0, 0.1) is 13.8 Å². The third-order valence-corrected chi connectivity index (χ3v) is 5.66. The van der Waals surface area contributed by atoms with Gasteiger partial charge in [0.05, 0.1) is 16.9 Å². The number of nitrogens with one attached hydrogen (secondary N) is 1. The summed E-state index contributed by atoms with van der Waals surface area (Å²) in [7, 11) is 1.74. The maximum atomic E-state index is 5.57. The van der Waals surface area contributed by atoms with Gasteiger partial charge in [0.2, 0.25) is 0 Å². The Morgan fingerprint density at radius 2 is 2.05 bits per heavy atom. The average molecular weight is 368 g/mol. The van der Waals surface area contributed by atoms with Crippen molar-refractivity contribution in [2.24, 2.45) is 0 Å². The first-order valence-corrected chi connectivity index (χ1v) is 8.81. The minimum Gasteiger partial charge on any atom is -0.496 e. The molecule has 0 amide bonds. The normalized spacial score (nSPS) is 12.4. The molecule has 0 fully saturated rings. The van der Waals surface area contributed by atoms with Crippen LogP contribution < -0.4 is 10.1 Å². The minimum atomic E-state index is 0.176. The van der Waals surface area contributed by atoms with Crippen molar-refractivity contribution in [3.63, 3.8) is 0 Å². The molecule has 2 nitrogen and oxygen atoms in total. The lowest BCUT2D eigenvalue weighted by atomic mass is 10.0. The molecule has 1 aromatic heterocycles. The second kappa shape index (κ2) is 7.43. The van der Waals surface area contributed by atoms with Crippen molar-refractivity contribution in [2.45, 2.75) is 33.2 Å². The summed E-state index contributed by atoms with van der Waals surface area (Å²) < 4.78 is 6.77. The quantitative estimate of drug-likeness (QED) is 0.754. The van der Waals surface area contributed by atoms with E-state index in [4.69, 9.17) is 4.74 Å². The molecule has 1 unspecified atom stereocenters. The van der Waals surface area contributed by atoms with Crippen LogP contribution in [0.25, 0.3) is 0 Å². The number of thiophene rings is 1. The van der Waals surface area contributed by atoms with Gasteiger partial charge in [-0.1, -0.05) is 24.6 Å². The molecule has 4 heteroatoms. The van der Waals surface area contributed by atoms with Crippen LogP contribution in [-0.4, -0.2) is 13.7 Å². The van der Waals surface area contributed by atoms with Gasteiger partial charge in [0.15, 0.2) is 0 Å². The van der Waals surface area contributed by atoms with Crippen molar-refractivity contribution in [3.8, 4) is 5.75 Å². The van der Waals surface area contributed by atoms with E-state index in [1.54, 1.807) is 18.4 Å². The molecule has 0 aliphatic carbocycles. The smallest absolute Gasteiger partial charge is 0.124 e. The number of aryl methyl sites for hydroxylation is 2. The van der Waals surface area contributed by atoms with Crippen LogP contribution >= 0.6 is 27.3 Å². The van der Waals surface area contributed by atoms with E-state index in [0.717, 1.165) is 18.7 Å². The van der Waals surface area contributed by atoms with Crippen molar-refractivity contribution < 1.29 is 4.74 Å². The summed E-state index contributed by atoms with van der Waals surface area (Å²) in [6, 6.07) is 8.80. The number of ether oxygens (including phenoxy) is 1. The molecular weight excluding hydrogens is 346 g/mol. The van der Waals surface area contributed by atoms with Crippen molar-refractivity contribution in [3.05, 3.63) is 49.6 Å². The van der Waals surface area contributed by atoms with E-state index in [0.29, 0.717) is 0 Å². The molecule has 114 valence electrons. The number of rotatable bonds is 6. The van der Waals surface area contributed by atoms with Gasteiger partial charge in [-0.05, 0) is 60.4 Å². The van der Waals surface area contributed by atoms with E-state index >= 15 is 0 Å². The fourth-order valence-corrected chi connectivity index (χ4v) is 4.02.